The smallest absolute Gasteiger partial charge is 0.333 e. The molecule has 29 heavy (non-hydrogen) atoms. The number of carbonyl (C=O) groups is 2. The number of hydrogen-bond donors (Lipinski definition) is 2. The number of carbonyl (C=O) groups excluding carboxylic acids is 1. The first-order chi connectivity index (χ1) is 13.7. The molecule has 1 atom stereocenters. The van der Waals surface area contributed by atoms with E-state index in [1.165, 1.54) is 7.11 Å². The van der Waals surface area contributed by atoms with Crippen LogP contribution in [0.25, 0.3) is 0 Å². The van der Waals surface area contributed by atoms with Gasteiger partial charge in [0.2, 0.25) is 5.91 Å². The van der Waals surface area contributed by atoms with Crippen LogP contribution in [0.15, 0.2) is 36.4 Å². The highest BCUT2D eigenvalue weighted by atomic mass is 35.5. The van der Waals surface area contributed by atoms with E-state index >= 15 is 0 Å². The first-order valence-corrected chi connectivity index (χ1v) is 9.74. The number of carboxylic acid groups (broad SMARTS) is 1. The second kappa shape index (κ2) is 10.5. The van der Waals surface area contributed by atoms with Crippen LogP contribution in [0.2, 0.25) is 10.0 Å². The monoisotopic (exact) mass is 439 g/mol. The van der Waals surface area contributed by atoms with Crippen molar-refractivity contribution in [3.05, 3.63) is 57.6 Å². The Kier molecular flexibility index (Phi) is 8.32. The van der Waals surface area contributed by atoms with Crippen LogP contribution in [-0.2, 0) is 27.2 Å². The molecule has 2 aromatic carbocycles. The summed E-state index contributed by atoms with van der Waals surface area (Å²) in [5.74, 6) is -0.878. The van der Waals surface area contributed by atoms with Crippen molar-refractivity contribution in [1.29, 1.82) is 0 Å². The van der Waals surface area contributed by atoms with Gasteiger partial charge in [-0.1, -0.05) is 35.3 Å². The van der Waals surface area contributed by atoms with Crippen LogP contribution in [0.5, 0.6) is 5.75 Å². The SMILES string of the molecule is COc1ccc(CC(OC(C)C)C(=O)O)cc1NC(=O)Cc1ccc(Cl)cc1Cl. The molecule has 156 valence electrons. The minimum atomic E-state index is -1.04. The molecule has 1 amide bonds. The summed E-state index contributed by atoms with van der Waals surface area (Å²) >= 11 is 12.0. The number of ether oxygens (including phenoxy) is 2. The van der Waals surface area contributed by atoms with Crippen LogP contribution in [-0.4, -0.2) is 36.3 Å². The zero-order valence-corrected chi connectivity index (χ0v) is 17.9. The third kappa shape index (κ3) is 6.92. The van der Waals surface area contributed by atoms with Gasteiger partial charge in [-0.05, 0) is 49.2 Å². The van der Waals surface area contributed by atoms with E-state index in [2.05, 4.69) is 5.32 Å². The number of amides is 1. The van der Waals surface area contributed by atoms with E-state index < -0.39 is 12.1 Å². The minimum Gasteiger partial charge on any atom is -0.495 e. The average Bonchev–Trinajstić information content (AvgIpc) is 2.63. The van der Waals surface area contributed by atoms with E-state index in [1.54, 1.807) is 50.2 Å². The quantitative estimate of drug-likeness (QED) is 0.595. The van der Waals surface area contributed by atoms with Crippen molar-refractivity contribution in [2.45, 2.75) is 38.9 Å². The third-order valence-electron chi connectivity index (χ3n) is 4.04. The first-order valence-electron chi connectivity index (χ1n) is 8.98. The van der Waals surface area contributed by atoms with Gasteiger partial charge in [0.1, 0.15) is 5.75 Å². The molecule has 2 rings (SSSR count). The summed E-state index contributed by atoms with van der Waals surface area (Å²) < 4.78 is 10.8. The Hall–Kier alpha value is -2.28. The molecule has 0 aliphatic carbocycles. The van der Waals surface area contributed by atoms with Gasteiger partial charge >= 0.3 is 5.97 Å². The topological polar surface area (TPSA) is 84.9 Å². The number of anilines is 1. The predicted octanol–water partition coefficient (Wildman–Crippen LogP) is 4.60. The lowest BCUT2D eigenvalue weighted by molar-refractivity contribution is -0.153. The van der Waals surface area contributed by atoms with E-state index in [0.717, 1.165) is 0 Å². The summed E-state index contributed by atoms with van der Waals surface area (Å²) in [6.45, 7) is 3.55. The van der Waals surface area contributed by atoms with Gasteiger partial charge in [-0.3, -0.25) is 4.79 Å². The van der Waals surface area contributed by atoms with Crippen molar-refractivity contribution < 1.29 is 24.2 Å². The number of halogens is 2. The number of nitrogens with one attached hydrogen (secondary N) is 1. The zero-order valence-electron chi connectivity index (χ0n) is 16.4. The standard InChI is InChI=1S/C21H23Cl2NO5/c1-12(2)29-19(21(26)27)9-13-4-7-18(28-3)17(8-13)24-20(25)10-14-5-6-15(22)11-16(14)23/h4-8,11-12,19H,9-10H2,1-3H3,(H,24,25)(H,26,27). The van der Waals surface area contributed by atoms with Crippen LogP contribution in [0.3, 0.4) is 0 Å². The van der Waals surface area contributed by atoms with Gasteiger partial charge < -0.3 is 19.9 Å². The molecule has 0 saturated heterocycles. The molecule has 0 saturated carbocycles. The molecular formula is C21H23Cl2NO5. The van der Waals surface area contributed by atoms with Crippen molar-refractivity contribution in [3.8, 4) is 5.75 Å². The number of hydrogen-bond acceptors (Lipinski definition) is 4. The number of benzene rings is 2. The molecule has 0 spiro atoms. The van der Waals surface area contributed by atoms with Crippen LogP contribution in [0, 0.1) is 0 Å². The largest absolute Gasteiger partial charge is 0.495 e. The maximum absolute atomic E-state index is 12.5. The fourth-order valence-corrected chi connectivity index (χ4v) is 3.22. The molecule has 8 heteroatoms. The van der Waals surface area contributed by atoms with E-state index in [-0.39, 0.29) is 24.9 Å². The van der Waals surface area contributed by atoms with E-state index in [1.807, 2.05) is 0 Å². The van der Waals surface area contributed by atoms with Gasteiger partial charge in [-0.25, -0.2) is 4.79 Å². The molecule has 0 radical (unpaired) electrons. The van der Waals surface area contributed by atoms with E-state index in [9.17, 15) is 14.7 Å². The fraction of sp³-hybridized carbons (Fsp3) is 0.333. The van der Waals surface area contributed by atoms with Gasteiger partial charge in [0.05, 0.1) is 25.3 Å². The summed E-state index contributed by atoms with van der Waals surface area (Å²) in [5.41, 5.74) is 1.77. The Balaban J connectivity index is 2.17. The molecule has 0 bridgehead atoms. The Morgan fingerprint density at radius 1 is 1.14 bits per heavy atom. The lowest BCUT2D eigenvalue weighted by Gasteiger charge is -2.18. The van der Waals surface area contributed by atoms with Crippen LogP contribution in [0.1, 0.15) is 25.0 Å². The molecule has 2 N–H and O–H groups in total. The number of rotatable bonds is 9. The second-order valence-corrected chi connectivity index (χ2v) is 7.55. The average molecular weight is 440 g/mol. The summed E-state index contributed by atoms with van der Waals surface area (Å²) in [6.07, 6.45) is -1.00. The van der Waals surface area contributed by atoms with E-state index in [0.29, 0.717) is 32.6 Å². The van der Waals surface area contributed by atoms with Crippen molar-refractivity contribution >= 4 is 40.8 Å². The maximum Gasteiger partial charge on any atom is 0.333 e. The zero-order chi connectivity index (χ0) is 21.6. The van der Waals surface area contributed by atoms with Crippen LogP contribution < -0.4 is 10.1 Å². The maximum atomic E-state index is 12.5. The lowest BCUT2D eigenvalue weighted by atomic mass is 10.1. The van der Waals surface area contributed by atoms with E-state index in [4.69, 9.17) is 32.7 Å². The van der Waals surface area contributed by atoms with Gasteiger partial charge in [0, 0.05) is 16.5 Å². The fourth-order valence-electron chi connectivity index (χ4n) is 2.75. The summed E-state index contributed by atoms with van der Waals surface area (Å²) in [4.78, 5) is 23.9. The number of methoxy groups -OCH3 is 1. The lowest BCUT2D eigenvalue weighted by Crippen LogP contribution is -2.29. The van der Waals surface area contributed by atoms with Gasteiger partial charge in [0.25, 0.3) is 0 Å². The summed E-state index contributed by atoms with van der Waals surface area (Å²) in [7, 11) is 1.49. The van der Waals surface area contributed by atoms with Crippen molar-refractivity contribution in [2.75, 3.05) is 12.4 Å². The number of carboxylic acids is 1. The van der Waals surface area contributed by atoms with Crippen LogP contribution in [0.4, 0.5) is 5.69 Å². The Morgan fingerprint density at radius 3 is 2.45 bits per heavy atom. The molecule has 0 heterocycles. The molecule has 0 aromatic heterocycles. The van der Waals surface area contributed by atoms with Gasteiger partial charge in [-0.2, -0.15) is 0 Å². The van der Waals surface area contributed by atoms with Gasteiger partial charge in [0.15, 0.2) is 6.10 Å². The highest BCUT2D eigenvalue weighted by molar-refractivity contribution is 6.35. The Bertz CT molecular complexity index is 885. The third-order valence-corrected chi connectivity index (χ3v) is 4.62. The molecule has 2 aromatic rings. The van der Waals surface area contributed by atoms with Crippen molar-refractivity contribution in [1.82, 2.24) is 0 Å². The van der Waals surface area contributed by atoms with Crippen molar-refractivity contribution in [2.24, 2.45) is 0 Å². The highest BCUT2D eigenvalue weighted by Crippen LogP contribution is 2.27. The highest BCUT2D eigenvalue weighted by Gasteiger charge is 2.21. The molecular weight excluding hydrogens is 417 g/mol. The number of aliphatic carboxylic acids is 1. The molecule has 0 fully saturated rings. The minimum absolute atomic E-state index is 0.0532. The van der Waals surface area contributed by atoms with Crippen molar-refractivity contribution in [3.63, 3.8) is 0 Å². The van der Waals surface area contributed by atoms with Crippen LogP contribution >= 0.6 is 23.2 Å². The van der Waals surface area contributed by atoms with Gasteiger partial charge in [-0.15, -0.1) is 0 Å². The molecule has 6 nitrogen and oxygen atoms in total. The predicted molar refractivity (Wildman–Crippen MR) is 113 cm³/mol. The molecule has 1 unspecified atom stereocenters. The molecule has 0 aliphatic heterocycles. The normalized spacial score (nSPS) is 11.9. The second-order valence-electron chi connectivity index (χ2n) is 6.71. The summed E-state index contributed by atoms with van der Waals surface area (Å²) in [5, 5.41) is 13.1. The Morgan fingerprint density at radius 2 is 1.86 bits per heavy atom. The Labute approximate surface area is 179 Å². The summed E-state index contributed by atoms with van der Waals surface area (Å²) in [6, 6.07) is 10.0. The molecule has 0 aliphatic rings. The first kappa shape index (κ1) is 23.0.